The summed E-state index contributed by atoms with van der Waals surface area (Å²) in [7, 11) is 3.51. The van der Waals surface area contributed by atoms with Gasteiger partial charge in [0.15, 0.2) is 6.04 Å². The van der Waals surface area contributed by atoms with Crippen molar-refractivity contribution < 1.29 is 9.72 Å². The van der Waals surface area contributed by atoms with Gasteiger partial charge in [0.2, 0.25) is 5.91 Å². The Labute approximate surface area is 133 Å². The fraction of sp³-hybridized carbons (Fsp3) is 0.500. The molecule has 0 N–H and O–H groups in total. The molecule has 2 aromatic rings. The van der Waals surface area contributed by atoms with Gasteiger partial charge >= 0.3 is 5.82 Å². The molecule has 0 aliphatic heterocycles. The number of aromatic nitrogens is 4. The average molecular weight is 320 g/mol. The minimum Gasteiger partial charge on any atom is -0.358 e. The monoisotopic (exact) mass is 320 g/mol. The van der Waals surface area contributed by atoms with Crippen LogP contribution in [0.25, 0.3) is 0 Å². The Bertz CT molecular complexity index is 720. The highest BCUT2D eigenvalue weighted by atomic mass is 16.6. The van der Waals surface area contributed by atoms with E-state index in [-0.39, 0.29) is 11.7 Å². The molecule has 1 atom stereocenters. The number of hydrogen-bond donors (Lipinski definition) is 0. The molecule has 0 bridgehead atoms. The molecule has 0 aliphatic carbocycles. The number of nitrogens with zero attached hydrogens (tertiary/aromatic N) is 6. The van der Waals surface area contributed by atoms with Gasteiger partial charge in [-0.25, -0.2) is 0 Å². The van der Waals surface area contributed by atoms with Gasteiger partial charge in [0.1, 0.15) is 0 Å². The Morgan fingerprint density at radius 1 is 1.52 bits per heavy atom. The topological polar surface area (TPSA) is 99.1 Å². The maximum Gasteiger partial charge on any atom is 0.390 e. The smallest absolute Gasteiger partial charge is 0.358 e. The van der Waals surface area contributed by atoms with Crippen LogP contribution in [-0.4, -0.2) is 42.3 Å². The fourth-order valence-corrected chi connectivity index (χ4v) is 2.46. The molecule has 0 radical (unpaired) electrons. The van der Waals surface area contributed by atoms with E-state index in [1.807, 2.05) is 20.0 Å². The van der Waals surface area contributed by atoms with Gasteiger partial charge < -0.3 is 15.0 Å². The number of rotatable bonds is 6. The molecule has 0 fully saturated rings. The predicted molar refractivity (Wildman–Crippen MR) is 82.6 cm³/mol. The van der Waals surface area contributed by atoms with Crippen molar-refractivity contribution >= 4 is 11.7 Å². The normalized spacial score (nSPS) is 12.2. The van der Waals surface area contributed by atoms with E-state index in [1.54, 1.807) is 29.7 Å². The van der Waals surface area contributed by atoms with Crippen molar-refractivity contribution in [1.82, 2.24) is 24.5 Å². The zero-order valence-corrected chi connectivity index (χ0v) is 13.6. The lowest BCUT2D eigenvalue weighted by Crippen LogP contribution is -2.35. The number of nitro groups is 1. The molecule has 124 valence electrons. The van der Waals surface area contributed by atoms with Gasteiger partial charge in [0, 0.05) is 20.3 Å². The summed E-state index contributed by atoms with van der Waals surface area (Å²) < 4.78 is 3.13. The maximum absolute atomic E-state index is 12.7. The van der Waals surface area contributed by atoms with Crippen LogP contribution in [0, 0.1) is 17.0 Å². The van der Waals surface area contributed by atoms with Crippen LogP contribution in [0.4, 0.5) is 5.82 Å². The second-order valence-corrected chi connectivity index (χ2v) is 5.41. The van der Waals surface area contributed by atoms with E-state index in [0.29, 0.717) is 18.7 Å². The van der Waals surface area contributed by atoms with Crippen LogP contribution in [0.2, 0.25) is 0 Å². The first-order valence-corrected chi connectivity index (χ1v) is 7.27. The first kappa shape index (κ1) is 16.7. The molecule has 23 heavy (non-hydrogen) atoms. The highest BCUT2D eigenvalue weighted by Crippen LogP contribution is 2.21. The second-order valence-electron chi connectivity index (χ2n) is 5.41. The Morgan fingerprint density at radius 3 is 2.70 bits per heavy atom. The molecule has 2 aromatic heterocycles. The maximum atomic E-state index is 12.7. The molecule has 9 heteroatoms. The molecular weight excluding hydrogens is 300 g/mol. The predicted octanol–water partition coefficient (Wildman–Crippen LogP) is 1.44. The van der Waals surface area contributed by atoms with Gasteiger partial charge in [0.25, 0.3) is 0 Å². The summed E-state index contributed by atoms with van der Waals surface area (Å²) in [5.74, 6) is -0.391. The average Bonchev–Trinajstić information content (AvgIpc) is 3.07. The third-order valence-corrected chi connectivity index (χ3v) is 3.76. The van der Waals surface area contributed by atoms with E-state index >= 15 is 0 Å². The molecule has 9 nitrogen and oxygen atoms in total. The Kier molecular flexibility index (Phi) is 4.77. The quantitative estimate of drug-likeness (QED) is 0.592. The van der Waals surface area contributed by atoms with Gasteiger partial charge in [-0.2, -0.15) is 9.78 Å². The van der Waals surface area contributed by atoms with Crippen molar-refractivity contribution in [1.29, 1.82) is 0 Å². The van der Waals surface area contributed by atoms with E-state index in [0.717, 1.165) is 5.69 Å². The summed E-state index contributed by atoms with van der Waals surface area (Å²) in [5, 5.41) is 18.9. The molecule has 0 saturated heterocycles. The summed E-state index contributed by atoms with van der Waals surface area (Å²) in [5.41, 5.74) is 1.49. The minimum atomic E-state index is -0.568. The first-order valence-electron chi connectivity index (χ1n) is 7.27. The van der Waals surface area contributed by atoms with Crippen molar-refractivity contribution in [3.63, 3.8) is 0 Å². The highest BCUT2D eigenvalue weighted by molar-refractivity contribution is 5.80. The van der Waals surface area contributed by atoms with E-state index in [9.17, 15) is 14.9 Å². The molecule has 2 heterocycles. The fourth-order valence-electron chi connectivity index (χ4n) is 2.46. The SMILES string of the molecule is CCC(C(=O)N(C)Cc1ccnn1C)n1nc([N+](=O)[O-])cc1C. The lowest BCUT2D eigenvalue weighted by atomic mass is 10.2. The Balaban J connectivity index is 2.21. The first-order chi connectivity index (χ1) is 10.8. The molecule has 0 aliphatic rings. The number of likely N-dealkylation sites (N-methyl/N-ethyl adjacent to an activating group) is 1. The summed E-state index contributed by atoms with van der Waals surface area (Å²) in [6.07, 6.45) is 2.17. The number of amides is 1. The van der Waals surface area contributed by atoms with Gasteiger partial charge in [-0.15, -0.1) is 0 Å². The molecule has 0 aromatic carbocycles. The van der Waals surface area contributed by atoms with Crippen molar-refractivity contribution in [3.8, 4) is 0 Å². The van der Waals surface area contributed by atoms with Crippen molar-refractivity contribution in [2.24, 2.45) is 7.05 Å². The summed E-state index contributed by atoms with van der Waals surface area (Å²) in [6.45, 7) is 3.97. The van der Waals surface area contributed by atoms with Crippen LogP contribution in [-0.2, 0) is 18.4 Å². The summed E-state index contributed by atoms with van der Waals surface area (Å²) >= 11 is 0. The number of aryl methyl sites for hydroxylation is 2. The summed E-state index contributed by atoms with van der Waals surface area (Å²) in [4.78, 5) is 24.6. The van der Waals surface area contributed by atoms with Gasteiger partial charge in [0.05, 0.1) is 29.1 Å². The van der Waals surface area contributed by atoms with Crippen LogP contribution in [0.15, 0.2) is 18.3 Å². The van der Waals surface area contributed by atoms with E-state index < -0.39 is 11.0 Å². The Morgan fingerprint density at radius 2 is 2.22 bits per heavy atom. The van der Waals surface area contributed by atoms with Crippen LogP contribution in [0.3, 0.4) is 0 Å². The third-order valence-electron chi connectivity index (χ3n) is 3.76. The zero-order valence-electron chi connectivity index (χ0n) is 13.6. The second kappa shape index (κ2) is 6.59. The zero-order chi connectivity index (χ0) is 17.1. The van der Waals surface area contributed by atoms with Crippen LogP contribution in [0.1, 0.15) is 30.8 Å². The lowest BCUT2D eigenvalue weighted by Gasteiger charge is -2.22. The highest BCUT2D eigenvalue weighted by Gasteiger charge is 2.29. The van der Waals surface area contributed by atoms with Crippen molar-refractivity contribution in [3.05, 3.63) is 39.8 Å². The van der Waals surface area contributed by atoms with Crippen molar-refractivity contribution in [2.75, 3.05) is 7.05 Å². The molecule has 1 amide bonds. The third kappa shape index (κ3) is 3.38. The molecular formula is C14H20N6O3. The van der Waals surface area contributed by atoms with E-state index in [2.05, 4.69) is 10.2 Å². The molecule has 1 unspecified atom stereocenters. The molecule has 2 rings (SSSR count). The van der Waals surface area contributed by atoms with Crippen LogP contribution in [0.5, 0.6) is 0 Å². The van der Waals surface area contributed by atoms with E-state index in [1.165, 1.54) is 10.7 Å². The van der Waals surface area contributed by atoms with Gasteiger partial charge in [-0.1, -0.05) is 6.92 Å². The number of carbonyl (C=O) groups excluding carboxylic acids is 1. The minimum absolute atomic E-state index is 0.144. The number of carbonyl (C=O) groups is 1. The van der Waals surface area contributed by atoms with Crippen LogP contribution >= 0.6 is 0 Å². The van der Waals surface area contributed by atoms with Gasteiger partial charge in [-0.3, -0.25) is 9.48 Å². The Hall–Kier alpha value is -2.71. The number of hydrogen-bond acceptors (Lipinski definition) is 5. The van der Waals surface area contributed by atoms with Crippen LogP contribution < -0.4 is 0 Å². The molecule has 0 saturated carbocycles. The lowest BCUT2D eigenvalue weighted by molar-refractivity contribution is -0.389. The van der Waals surface area contributed by atoms with Gasteiger partial charge in [-0.05, 0) is 24.3 Å². The summed E-state index contributed by atoms with van der Waals surface area (Å²) in [6, 6.07) is 2.65. The molecule has 0 spiro atoms. The largest absolute Gasteiger partial charge is 0.390 e. The standard InChI is InChI=1S/C14H20N6O3/c1-5-12(19-10(2)8-13(16-19)20(22)23)14(21)17(3)9-11-6-7-15-18(11)4/h6-8,12H,5,9H2,1-4H3. The van der Waals surface area contributed by atoms with Crippen molar-refractivity contribution in [2.45, 2.75) is 32.9 Å². The van der Waals surface area contributed by atoms with E-state index in [4.69, 9.17) is 0 Å².